The highest BCUT2D eigenvalue weighted by molar-refractivity contribution is 7.80. The van der Waals surface area contributed by atoms with Gasteiger partial charge in [-0.1, -0.05) is 62.7 Å². The van der Waals surface area contributed by atoms with E-state index in [4.69, 9.17) is 12.2 Å². The van der Waals surface area contributed by atoms with Crippen molar-refractivity contribution >= 4 is 44.5 Å². The zero-order chi connectivity index (χ0) is 17.8. The van der Waals surface area contributed by atoms with Crippen molar-refractivity contribution in [2.24, 2.45) is 0 Å². The summed E-state index contributed by atoms with van der Waals surface area (Å²) in [5, 5.41) is 0. The second kappa shape index (κ2) is 5.87. The van der Waals surface area contributed by atoms with E-state index in [0.717, 1.165) is 20.6 Å². The fourth-order valence-electron chi connectivity index (χ4n) is 3.42. The van der Waals surface area contributed by atoms with E-state index in [1.165, 1.54) is 10.4 Å². The smallest absolute Gasteiger partial charge is 0.259 e. The molecular formula is C20H17NOS3. The summed E-state index contributed by atoms with van der Waals surface area (Å²) in [5.41, 5.74) is 4.56. The number of aryl methyl sites for hydroxylation is 1. The van der Waals surface area contributed by atoms with Gasteiger partial charge in [-0.2, -0.15) is 0 Å². The molecule has 4 rings (SSSR count). The monoisotopic (exact) mass is 383 g/mol. The van der Waals surface area contributed by atoms with Gasteiger partial charge in [-0.3, -0.25) is 9.69 Å². The Morgan fingerprint density at radius 1 is 1.08 bits per heavy atom. The average molecular weight is 384 g/mol. The van der Waals surface area contributed by atoms with Gasteiger partial charge in [-0.05, 0) is 45.0 Å². The summed E-state index contributed by atoms with van der Waals surface area (Å²) in [6.45, 7) is 6.28. The second-order valence-corrected chi connectivity index (χ2v) is 9.56. The molecule has 2 aromatic carbocycles. The highest BCUT2D eigenvalue weighted by atomic mass is 32.9. The predicted octanol–water partition coefficient (Wildman–Crippen LogP) is 6.41. The molecule has 0 N–H and O–H groups in total. The van der Waals surface area contributed by atoms with E-state index in [0.29, 0.717) is 5.56 Å². The van der Waals surface area contributed by atoms with E-state index in [1.54, 1.807) is 20.7 Å². The zero-order valence-electron chi connectivity index (χ0n) is 14.2. The average Bonchev–Trinajstić information content (AvgIpc) is 2.99. The van der Waals surface area contributed by atoms with Crippen LogP contribution in [0.3, 0.4) is 0 Å². The Hall–Kier alpha value is -1.82. The summed E-state index contributed by atoms with van der Waals surface area (Å²) in [6.07, 6.45) is 0. The third-order valence-electron chi connectivity index (χ3n) is 4.63. The van der Waals surface area contributed by atoms with Crippen LogP contribution in [0.2, 0.25) is 0 Å². The third-order valence-corrected chi connectivity index (χ3v) is 7.96. The molecule has 0 radical (unpaired) electrons. The maximum absolute atomic E-state index is 13.4. The molecule has 1 amide bonds. The fourth-order valence-corrected chi connectivity index (χ4v) is 6.70. The third kappa shape index (κ3) is 2.49. The van der Waals surface area contributed by atoms with Crippen LogP contribution in [0.5, 0.6) is 0 Å². The minimum atomic E-state index is -0.442. The van der Waals surface area contributed by atoms with Crippen molar-refractivity contribution in [1.29, 1.82) is 0 Å². The van der Waals surface area contributed by atoms with Crippen molar-refractivity contribution in [2.75, 3.05) is 4.90 Å². The van der Waals surface area contributed by atoms with Gasteiger partial charge in [-0.25, -0.2) is 0 Å². The highest BCUT2D eigenvalue weighted by Gasteiger charge is 2.43. The van der Waals surface area contributed by atoms with Crippen LogP contribution in [-0.2, 0) is 5.54 Å². The fraction of sp³-hybridized carbons (Fsp3) is 0.200. The molecule has 0 bridgehead atoms. The number of amides is 1. The van der Waals surface area contributed by atoms with Crippen molar-refractivity contribution in [2.45, 2.75) is 26.3 Å². The van der Waals surface area contributed by atoms with Gasteiger partial charge in [0.05, 0.1) is 16.1 Å². The van der Waals surface area contributed by atoms with Gasteiger partial charge in [0.1, 0.15) is 3.82 Å². The molecule has 0 atom stereocenters. The molecule has 0 saturated heterocycles. The van der Waals surface area contributed by atoms with Gasteiger partial charge in [-0.15, -0.1) is 0 Å². The second-order valence-electron chi connectivity index (χ2n) is 6.74. The van der Waals surface area contributed by atoms with Crippen molar-refractivity contribution in [1.82, 2.24) is 0 Å². The van der Waals surface area contributed by atoms with Gasteiger partial charge in [0.2, 0.25) is 0 Å². The molecule has 3 aromatic rings. The Labute approximate surface area is 159 Å². The quantitative estimate of drug-likeness (QED) is 0.357. The van der Waals surface area contributed by atoms with Gasteiger partial charge < -0.3 is 0 Å². The Morgan fingerprint density at radius 3 is 2.52 bits per heavy atom. The number of carbonyl (C=O) groups excluding carboxylic acids is 1. The van der Waals surface area contributed by atoms with Crippen molar-refractivity contribution < 1.29 is 4.79 Å². The molecule has 1 aliphatic heterocycles. The van der Waals surface area contributed by atoms with E-state index in [1.807, 2.05) is 41.3 Å². The molecule has 1 aromatic heterocycles. The van der Waals surface area contributed by atoms with Crippen LogP contribution in [0, 0.1) is 10.7 Å². The lowest BCUT2D eigenvalue weighted by atomic mass is 9.86. The standard InChI is InChI=1S/C20H17NOS3/c1-12-9-10-15-14(11-12)16-17(24-25-19(16)23)20(2,3)21(15)18(22)13-7-5-4-6-8-13/h4-11H,1-3H3. The van der Waals surface area contributed by atoms with E-state index < -0.39 is 5.54 Å². The number of anilines is 1. The predicted molar refractivity (Wildman–Crippen MR) is 109 cm³/mol. The van der Waals surface area contributed by atoms with E-state index >= 15 is 0 Å². The van der Waals surface area contributed by atoms with Crippen LogP contribution >= 0.6 is 32.9 Å². The number of rotatable bonds is 1. The normalized spacial score (nSPS) is 14.8. The summed E-state index contributed by atoms with van der Waals surface area (Å²) in [7, 11) is 3.31. The molecular weight excluding hydrogens is 366 g/mol. The first-order valence-corrected chi connectivity index (χ1v) is 10.6. The molecule has 0 fully saturated rings. The Morgan fingerprint density at radius 2 is 1.80 bits per heavy atom. The molecule has 0 unspecified atom stereocenters. The van der Waals surface area contributed by atoms with Crippen LogP contribution in [0.4, 0.5) is 5.69 Å². The van der Waals surface area contributed by atoms with Crippen molar-refractivity contribution in [3.05, 3.63) is 68.4 Å². The first-order chi connectivity index (χ1) is 11.9. The number of nitrogens with zero attached hydrogens (tertiary/aromatic N) is 1. The molecule has 0 spiro atoms. The lowest BCUT2D eigenvalue weighted by Crippen LogP contribution is -2.47. The maximum atomic E-state index is 13.4. The Bertz CT molecular complexity index is 1030. The molecule has 0 saturated carbocycles. The van der Waals surface area contributed by atoms with Crippen LogP contribution in [0.25, 0.3) is 11.1 Å². The molecule has 5 heteroatoms. The van der Waals surface area contributed by atoms with E-state index in [9.17, 15) is 4.79 Å². The molecule has 2 heterocycles. The maximum Gasteiger partial charge on any atom is 0.259 e. The minimum absolute atomic E-state index is 0.0191. The SMILES string of the molecule is Cc1ccc2c(c1)-c1c(ssc1=S)C(C)(C)N2C(=O)c1ccccc1. The lowest BCUT2D eigenvalue weighted by Gasteiger charge is -2.43. The van der Waals surface area contributed by atoms with Gasteiger partial charge in [0.15, 0.2) is 0 Å². The van der Waals surface area contributed by atoms with Crippen molar-refractivity contribution in [3.8, 4) is 11.1 Å². The number of carbonyl (C=O) groups is 1. The lowest BCUT2D eigenvalue weighted by molar-refractivity contribution is 0.0961. The van der Waals surface area contributed by atoms with Crippen LogP contribution < -0.4 is 4.90 Å². The molecule has 2 nitrogen and oxygen atoms in total. The van der Waals surface area contributed by atoms with E-state index in [2.05, 4.69) is 32.9 Å². The van der Waals surface area contributed by atoms with Crippen LogP contribution in [-0.4, -0.2) is 5.91 Å². The van der Waals surface area contributed by atoms with Gasteiger partial charge >= 0.3 is 0 Å². The Balaban J connectivity index is 2.00. The van der Waals surface area contributed by atoms with Gasteiger partial charge in [0, 0.05) is 16.7 Å². The number of fused-ring (bicyclic) bond motifs is 3. The number of hydrogen-bond donors (Lipinski definition) is 0. The number of hydrogen-bond acceptors (Lipinski definition) is 4. The first kappa shape index (κ1) is 16.6. The molecule has 0 aliphatic carbocycles. The largest absolute Gasteiger partial charge is 0.297 e. The summed E-state index contributed by atoms with van der Waals surface area (Å²) in [4.78, 5) is 16.5. The topological polar surface area (TPSA) is 20.3 Å². The zero-order valence-corrected chi connectivity index (χ0v) is 16.6. The summed E-state index contributed by atoms with van der Waals surface area (Å²) in [5.74, 6) is 0.0191. The van der Waals surface area contributed by atoms with Crippen molar-refractivity contribution in [3.63, 3.8) is 0 Å². The van der Waals surface area contributed by atoms with Gasteiger partial charge in [0.25, 0.3) is 5.91 Å². The Kier molecular flexibility index (Phi) is 3.90. The van der Waals surface area contributed by atoms with Crippen LogP contribution in [0.1, 0.15) is 34.6 Å². The molecule has 25 heavy (non-hydrogen) atoms. The van der Waals surface area contributed by atoms with Crippen LogP contribution in [0.15, 0.2) is 48.5 Å². The summed E-state index contributed by atoms with van der Waals surface area (Å²) < 4.78 is 0.909. The highest BCUT2D eigenvalue weighted by Crippen LogP contribution is 2.52. The number of benzene rings is 2. The summed E-state index contributed by atoms with van der Waals surface area (Å²) in [6, 6.07) is 15.7. The summed E-state index contributed by atoms with van der Waals surface area (Å²) >= 11 is 5.62. The molecule has 126 valence electrons. The minimum Gasteiger partial charge on any atom is -0.297 e. The first-order valence-electron chi connectivity index (χ1n) is 8.05. The van der Waals surface area contributed by atoms with E-state index in [-0.39, 0.29) is 5.91 Å². The molecule has 1 aliphatic rings.